The molecule has 138 valence electrons. The number of rotatable bonds is 7. The highest BCUT2D eigenvalue weighted by Gasteiger charge is 2.10. The van der Waals surface area contributed by atoms with E-state index in [1.165, 1.54) is 0 Å². The Bertz CT molecular complexity index is 639. The average molecular weight is 458 g/mol. The second-order valence-corrected chi connectivity index (χ2v) is 5.61. The van der Waals surface area contributed by atoms with Gasteiger partial charge in [0.05, 0.1) is 12.2 Å². The minimum absolute atomic E-state index is 0. The number of benzene rings is 1. The summed E-state index contributed by atoms with van der Waals surface area (Å²) in [4.78, 5) is 6.37. The highest BCUT2D eigenvalue weighted by Crippen LogP contribution is 2.12. The Morgan fingerprint density at radius 1 is 1.28 bits per heavy atom. The van der Waals surface area contributed by atoms with Crippen LogP contribution in [0.15, 0.2) is 39.8 Å². The van der Waals surface area contributed by atoms with E-state index in [0.29, 0.717) is 6.61 Å². The van der Waals surface area contributed by atoms with E-state index >= 15 is 0 Å². The number of guanidine groups is 1. The maximum atomic E-state index is 5.72. The van der Waals surface area contributed by atoms with Crippen molar-refractivity contribution in [2.45, 2.75) is 20.3 Å². The average Bonchev–Trinajstić information content (AvgIpc) is 2.91. The van der Waals surface area contributed by atoms with Gasteiger partial charge in [-0.2, -0.15) is 0 Å². The van der Waals surface area contributed by atoms with Crippen molar-refractivity contribution in [1.29, 1.82) is 0 Å². The zero-order valence-electron chi connectivity index (χ0n) is 15.3. The molecule has 2 rings (SSSR count). The first-order valence-corrected chi connectivity index (χ1v) is 8.13. The number of hydrogen-bond acceptors (Lipinski definition) is 4. The summed E-state index contributed by atoms with van der Waals surface area (Å²) in [6.45, 7) is 6.04. The van der Waals surface area contributed by atoms with Crippen molar-refractivity contribution in [1.82, 2.24) is 15.4 Å². The molecule has 0 bridgehead atoms. The van der Waals surface area contributed by atoms with Gasteiger partial charge in [-0.15, -0.1) is 24.0 Å². The summed E-state index contributed by atoms with van der Waals surface area (Å²) in [5, 5.41) is 7.34. The van der Waals surface area contributed by atoms with Crippen LogP contribution in [0.3, 0.4) is 0 Å². The van der Waals surface area contributed by atoms with Crippen molar-refractivity contribution in [2.24, 2.45) is 4.99 Å². The van der Waals surface area contributed by atoms with Gasteiger partial charge in [-0.05, 0) is 32.4 Å². The lowest BCUT2D eigenvalue weighted by atomic mass is 10.1. The van der Waals surface area contributed by atoms with E-state index in [-0.39, 0.29) is 24.0 Å². The number of para-hydroxylation sites is 1. The van der Waals surface area contributed by atoms with Crippen LogP contribution in [-0.4, -0.2) is 49.8 Å². The summed E-state index contributed by atoms with van der Waals surface area (Å²) in [5.74, 6) is 2.61. The molecular formula is C18H27IN4O2. The highest BCUT2D eigenvalue weighted by molar-refractivity contribution is 14.0. The van der Waals surface area contributed by atoms with Crippen LogP contribution in [0, 0.1) is 13.8 Å². The van der Waals surface area contributed by atoms with Crippen molar-refractivity contribution in [3.05, 3.63) is 47.3 Å². The van der Waals surface area contributed by atoms with Crippen LogP contribution in [0.4, 0.5) is 0 Å². The van der Waals surface area contributed by atoms with E-state index in [0.717, 1.165) is 48.2 Å². The van der Waals surface area contributed by atoms with Gasteiger partial charge >= 0.3 is 0 Å². The smallest absolute Gasteiger partial charge is 0.193 e. The summed E-state index contributed by atoms with van der Waals surface area (Å²) in [6, 6.07) is 9.82. The highest BCUT2D eigenvalue weighted by atomic mass is 127. The number of hydrogen-bond donors (Lipinski definition) is 1. The number of aromatic nitrogens is 1. The standard InChI is InChI=1S/C18H26N4O2.HI/c1-14-17(15(2)24-21-14)10-11-20-18(19-3)22(4)12-13-23-16-8-6-5-7-9-16;/h5-9H,10-13H2,1-4H3,(H,19,20);1H. The van der Waals surface area contributed by atoms with E-state index in [4.69, 9.17) is 9.26 Å². The molecule has 0 fully saturated rings. The van der Waals surface area contributed by atoms with Crippen LogP contribution in [0.5, 0.6) is 5.75 Å². The van der Waals surface area contributed by atoms with Crippen LogP contribution < -0.4 is 10.1 Å². The largest absolute Gasteiger partial charge is 0.492 e. The van der Waals surface area contributed by atoms with Gasteiger partial charge in [0.1, 0.15) is 18.1 Å². The minimum Gasteiger partial charge on any atom is -0.492 e. The van der Waals surface area contributed by atoms with E-state index in [1.54, 1.807) is 7.05 Å². The van der Waals surface area contributed by atoms with Crippen LogP contribution in [0.1, 0.15) is 17.0 Å². The van der Waals surface area contributed by atoms with Gasteiger partial charge in [-0.1, -0.05) is 23.4 Å². The van der Waals surface area contributed by atoms with Gasteiger partial charge in [0.2, 0.25) is 0 Å². The molecule has 0 amide bonds. The Labute approximate surface area is 166 Å². The molecule has 0 atom stereocenters. The van der Waals surface area contributed by atoms with Crippen molar-refractivity contribution in [3.8, 4) is 5.75 Å². The number of aryl methyl sites for hydroxylation is 2. The zero-order chi connectivity index (χ0) is 17.4. The van der Waals surface area contributed by atoms with Crippen LogP contribution >= 0.6 is 24.0 Å². The number of likely N-dealkylation sites (N-methyl/N-ethyl adjacent to an activating group) is 1. The number of halogens is 1. The fourth-order valence-electron chi connectivity index (χ4n) is 2.47. The lowest BCUT2D eigenvalue weighted by molar-refractivity contribution is 0.281. The van der Waals surface area contributed by atoms with E-state index < -0.39 is 0 Å². The lowest BCUT2D eigenvalue weighted by Gasteiger charge is -2.22. The van der Waals surface area contributed by atoms with Crippen LogP contribution in [0.2, 0.25) is 0 Å². The van der Waals surface area contributed by atoms with E-state index in [2.05, 4.69) is 20.4 Å². The molecule has 0 spiro atoms. The molecule has 0 radical (unpaired) electrons. The molecule has 0 saturated heterocycles. The molecule has 6 nitrogen and oxygen atoms in total. The Balaban J connectivity index is 0.00000312. The first kappa shape index (κ1) is 21.3. The summed E-state index contributed by atoms with van der Waals surface area (Å²) in [7, 11) is 3.78. The second-order valence-electron chi connectivity index (χ2n) is 5.61. The van der Waals surface area contributed by atoms with Gasteiger partial charge in [-0.3, -0.25) is 4.99 Å². The maximum Gasteiger partial charge on any atom is 0.193 e. The third-order valence-electron chi connectivity index (χ3n) is 3.85. The summed E-state index contributed by atoms with van der Waals surface area (Å²) >= 11 is 0. The Kier molecular flexibility index (Phi) is 9.33. The number of ether oxygens (including phenoxy) is 1. The zero-order valence-corrected chi connectivity index (χ0v) is 17.6. The molecule has 7 heteroatoms. The summed E-state index contributed by atoms with van der Waals surface area (Å²) < 4.78 is 10.9. The molecule has 0 aliphatic carbocycles. The summed E-state index contributed by atoms with van der Waals surface area (Å²) in [5.41, 5.74) is 2.11. The third kappa shape index (κ3) is 6.56. The van der Waals surface area contributed by atoms with Gasteiger partial charge < -0.3 is 19.5 Å². The molecule has 1 aromatic heterocycles. The lowest BCUT2D eigenvalue weighted by Crippen LogP contribution is -2.41. The van der Waals surface area contributed by atoms with Crippen molar-refractivity contribution in [2.75, 3.05) is 33.8 Å². The summed E-state index contributed by atoms with van der Waals surface area (Å²) in [6.07, 6.45) is 0.856. The second kappa shape index (κ2) is 11.0. The topological polar surface area (TPSA) is 62.9 Å². The monoisotopic (exact) mass is 458 g/mol. The number of aliphatic imine (C=N–C) groups is 1. The maximum absolute atomic E-state index is 5.72. The van der Waals surface area contributed by atoms with Gasteiger partial charge in [0, 0.05) is 26.2 Å². The Morgan fingerprint density at radius 3 is 2.60 bits per heavy atom. The van der Waals surface area contributed by atoms with E-state index in [1.807, 2.05) is 51.2 Å². The number of nitrogens with one attached hydrogen (secondary N) is 1. The molecule has 0 aliphatic rings. The molecule has 0 aliphatic heterocycles. The first-order valence-electron chi connectivity index (χ1n) is 8.13. The van der Waals surface area contributed by atoms with E-state index in [9.17, 15) is 0 Å². The fourth-order valence-corrected chi connectivity index (χ4v) is 2.47. The third-order valence-corrected chi connectivity index (χ3v) is 3.85. The van der Waals surface area contributed by atoms with Gasteiger partial charge in [0.15, 0.2) is 5.96 Å². The van der Waals surface area contributed by atoms with Crippen LogP contribution in [-0.2, 0) is 6.42 Å². The Hall–Kier alpha value is -1.77. The van der Waals surface area contributed by atoms with Gasteiger partial charge in [0.25, 0.3) is 0 Å². The number of nitrogens with zero attached hydrogens (tertiary/aromatic N) is 3. The molecule has 0 saturated carbocycles. The first-order chi connectivity index (χ1) is 11.6. The van der Waals surface area contributed by atoms with Crippen molar-refractivity contribution in [3.63, 3.8) is 0 Å². The fraction of sp³-hybridized carbons (Fsp3) is 0.444. The molecule has 2 aromatic rings. The Morgan fingerprint density at radius 2 is 2.00 bits per heavy atom. The molecule has 0 unspecified atom stereocenters. The van der Waals surface area contributed by atoms with Crippen molar-refractivity contribution < 1.29 is 9.26 Å². The molecular weight excluding hydrogens is 431 g/mol. The molecule has 1 heterocycles. The molecule has 25 heavy (non-hydrogen) atoms. The normalized spacial score (nSPS) is 11.0. The molecule has 1 N–H and O–H groups in total. The predicted molar refractivity (Wildman–Crippen MR) is 111 cm³/mol. The minimum atomic E-state index is 0. The van der Waals surface area contributed by atoms with Crippen molar-refractivity contribution >= 4 is 29.9 Å². The van der Waals surface area contributed by atoms with Gasteiger partial charge in [-0.25, -0.2) is 0 Å². The quantitative estimate of drug-likeness (QED) is 0.393. The van der Waals surface area contributed by atoms with Crippen LogP contribution in [0.25, 0.3) is 0 Å². The molecule has 1 aromatic carbocycles. The predicted octanol–water partition coefficient (Wildman–Crippen LogP) is 3.04. The SMILES string of the molecule is CN=C(NCCc1c(C)noc1C)N(C)CCOc1ccccc1.I.